The molecule has 0 unspecified atom stereocenters. The highest BCUT2D eigenvalue weighted by atomic mass is 35.5. The fourth-order valence-electron chi connectivity index (χ4n) is 2.18. The van der Waals surface area contributed by atoms with E-state index >= 15 is 0 Å². The lowest BCUT2D eigenvalue weighted by Gasteiger charge is -1.98. The summed E-state index contributed by atoms with van der Waals surface area (Å²) in [6.07, 6.45) is 0. The van der Waals surface area contributed by atoms with E-state index < -0.39 is 0 Å². The highest BCUT2D eigenvalue weighted by Crippen LogP contribution is 2.20. The number of carbonyl (C=O) groups is 1. The molecule has 0 saturated carbocycles. The van der Waals surface area contributed by atoms with Crippen LogP contribution in [0.3, 0.4) is 0 Å². The number of aryl methyl sites for hydroxylation is 2. The van der Waals surface area contributed by atoms with Gasteiger partial charge in [0, 0.05) is 22.7 Å². The Kier molecular flexibility index (Phi) is 4.08. The molecule has 3 aromatic rings. The molecule has 0 bridgehead atoms. The number of hydrogen-bond acceptors (Lipinski definition) is 2. The average molecular weight is 351 g/mol. The first kappa shape index (κ1) is 15.3. The van der Waals surface area contributed by atoms with Crippen molar-refractivity contribution in [2.24, 2.45) is 12.0 Å². The van der Waals surface area contributed by atoms with Gasteiger partial charge in [0.05, 0.1) is 10.2 Å². The Balaban J connectivity index is 2.11. The normalized spacial score (nSPS) is 12.1. The van der Waals surface area contributed by atoms with Gasteiger partial charge in [0.2, 0.25) is 0 Å². The van der Waals surface area contributed by atoms with Crippen molar-refractivity contribution in [2.45, 2.75) is 6.92 Å². The van der Waals surface area contributed by atoms with Gasteiger partial charge < -0.3 is 4.57 Å². The monoisotopic (exact) mass is 350 g/mol. The first-order chi connectivity index (χ1) is 10.4. The van der Waals surface area contributed by atoms with Crippen LogP contribution in [-0.2, 0) is 7.05 Å². The summed E-state index contributed by atoms with van der Waals surface area (Å²) in [5.41, 5.74) is 2.60. The van der Waals surface area contributed by atoms with Gasteiger partial charge in [-0.05, 0) is 42.8 Å². The Morgan fingerprint density at radius 1 is 1.14 bits per heavy atom. The number of benzene rings is 2. The lowest BCUT2D eigenvalue weighted by molar-refractivity contribution is 0.0998. The molecule has 0 saturated heterocycles. The number of fused-ring (bicyclic) bond motifs is 1. The van der Waals surface area contributed by atoms with Gasteiger partial charge >= 0.3 is 0 Å². The van der Waals surface area contributed by atoms with Crippen LogP contribution in [0, 0.1) is 6.92 Å². The first-order valence-corrected chi connectivity index (χ1v) is 8.12. The Bertz CT molecular complexity index is 936. The van der Waals surface area contributed by atoms with E-state index in [1.54, 1.807) is 18.2 Å². The van der Waals surface area contributed by atoms with Crippen molar-refractivity contribution >= 4 is 50.7 Å². The van der Waals surface area contributed by atoms with E-state index in [1.807, 2.05) is 30.7 Å². The number of aromatic nitrogens is 1. The maximum Gasteiger partial charge on any atom is 0.279 e. The van der Waals surface area contributed by atoms with Crippen molar-refractivity contribution in [1.29, 1.82) is 0 Å². The average Bonchev–Trinajstić information content (AvgIpc) is 2.73. The fourth-order valence-corrected chi connectivity index (χ4v) is 3.82. The van der Waals surface area contributed by atoms with Gasteiger partial charge in [0.1, 0.15) is 0 Å². The summed E-state index contributed by atoms with van der Waals surface area (Å²) in [4.78, 5) is 17.2. The van der Waals surface area contributed by atoms with Crippen molar-refractivity contribution in [1.82, 2.24) is 4.57 Å². The number of amides is 1. The molecule has 22 heavy (non-hydrogen) atoms. The van der Waals surface area contributed by atoms with Gasteiger partial charge in [-0.25, -0.2) is 0 Å². The zero-order valence-corrected chi connectivity index (χ0v) is 14.3. The van der Waals surface area contributed by atoms with E-state index in [4.69, 9.17) is 23.2 Å². The molecule has 1 aromatic heterocycles. The molecule has 0 atom stereocenters. The summed E-state index contributed by atoms with van der Waals surface area (Å²) in [5.74, 6) is -0.358. The van der Waals surface area contributed by atoms with Crippen LogP contribution in [0.2, 0.25) is 10.0 Å². The highest BCUT2D eigenvalue weighted by molar-refractivity contribution is 7.16. The third-order valence-electron chi connectivity index (χ3n) is 3.27. The molecule has 0 spiro atoms. The third-order valence-corrected chi connectivity index (χ3v) is 4.80. The maximum atomic E-state index is 12.3. The van der Waals surface area contributed by atoms with Crippen molar-refractivity contribution in [2.75, 3.05) is 0 Å². The van der Waals surface area contributed by atoms with Gasteiger partial charge in [-0.3, -0.25) is 4.79 Å². The van der Waals surface area contributed by atoms with Crippen LogP contribution in [-0.4, -0.2) is 10.5 Å². The third kappa shape index (κ3) is 2.95. The standard InChI is InChI=1S/C16H12Cl2N2OS/c1-9-3-4-13-14(5-9)22-16(20(13)2)19-15(21)10-6-11(17)8-12(18)7-10/h3-8H,1-2H3. The topological polar surface area (TPSA) is 34.4 Å². The lowest BCUT2D eigenvalue weighted by atomic mass is 10.2. The Hall–Kier alpha value is -1.62. The van der Waals surface area contributed by atoms with E-state index in [-0.39, 0.29) is 5.91 Å². The number of hydrogen-bond donors (Lipinski definition) is 0. The highest BCUT2D eigenvalue weighted by Gasteiger charge is 2.09. The number of thiazole rings is 1. The summed E-state index contributed by atoms with van der Waals surface area (Å²) in [5, 5.41) is 0.838. The van der Waals surface area contributed by atoms with Crippen molar-refractivity contribution in [3.05, 3.63) is 62.4 Å². The molecule has 0 radical (unpaired) electrons. The zero-order valence-electron chi connectivity index (χ0n) is 11.9. The van der Waals surface area contributed by atoms with Gasteiger partial charge in [-0.1, -0.05) is 40.6 Å². The van der Waals surface area contributed by atoms with Crippen LogP contribution < -0.4 is 4.80 Å². The summed E-state index contributed by atoms with van der Waals surface area (Å²) < 4.78 is 3.00. The van der Waals surface area contributed by atoms with Crippen molar-refractivity contribution < 1.29 is 4.79 Å². The van der Waals surface area contributed by atoms with Crippen LogP contribution in [0.1, 0.15) is 15.9 Å². The number of carbonyl (C=O) groups excluding carboxylic acids is 1. The Morgan fingerprint density at radius 2 is 1.82 bits per heavy atom. The summed E-state index contributed by atoms with van der Waals surface area (Å²) in [6, 6.07) is 10.9. The largest absolute Gasteiger partial charge is 0.319 e. The lowest BCUT2D eigenvalue weighted by Crippen LogP contribution is -2.13. The molecule has 0 fully saturated rings. The number of rotatable bonds is 1. The van der Waals surface area contributed by atoms with Crippen LogP contribution in [0.25, 0.3) is 10.2 Å². The van der Waals surface area contributed by atoms with E-state index in [0.29, 0.717) is 20.4 Å². The minimum absolute atomic E-state index is 0.358. The molecule has 112 valence electrons. The molecule has 1 heterocycles. The quantitative estimate of drug-likeness (QED) is 0.631. The molecule has 0 aliphatic rings. The summed E-state index contributed by atoms with van der Waals surface area (Å²) in [6.45, 7) is 2.04. The molecule has 2 aromatic carbocycles. The molecule has 0 N–H and O–H groups in total. The predicted molar refractivity (Wildman–Crippen MR) is 91.9 cm³/mol. The second-order valence-corrected chi connectivity index (χ2v) is 6.87. The molecule has 6 heteroatoms. The minimum Gasteiger partial charge on any atom is -0.319 e. The van der Waals surface area contributed by atoms with Crippen LogP contribution in [0.15, 0.2) is 41.4 Å². The molecular weight excluding hydrogens is 339 g/mol. The predicted octanol–water partition coefficient (Wildman–Crippen LogP) is 4.60. The molecule has 3 nitrogen and oxygen atoms in total. The molecule has 1 amide bonds. The van der Waals surface area contributed by atoms with E-state index in [1.165, 1.54) is 16.9 Å². The summed E-state index contributed by atoms with van der Waals surface area (Å²) >= 11 is 13.3. The van der Waals surface area contributed by atoms with E-state index in [9.17, 15) is 4.79 Å². The Morgan fingerprint density at radius 3 is 2.50 bits per heavy atom. The fraction of sp³-hybridized carbons (Fsp3) is 0.125. The van der Waals surface area contributed by atoms with Crippen LogP contribution in [0.4, 0.5) is 0 Å². The van der Waals surface area contributed by atoms with Crippen molar-refractivity contribution in [3.8, 4) is 0 Å². The second kappa shape index (κ2) is 5.88. The SMILES string of the molecule is Cc1ccc2c(c1)sc(=NC(=O)c1cc(Cl)cc(Cl)c1)n2C. The smallest absolute Gasteiger partial charge is 0.279 e. The number of nitrogens with zero attached hydrogens (tertiary/aromatic N) is 2. The van der Waals surface area contributed by atoms with Crippen molar-refractivity contribution in [3.63, 3.8) is 0 Å². The van der Waals surface area contributed by atoms with Gasteiger partial charge in [0.25, 0.3) is 5.91 Å². The van der Waals surface area contributed by atoms with E-state index in [0.717, 1.165) is 10.2 Å². The van der Waals surface area contributed by atoms with E-state index in [2.05, 4.69) is 11.1 Å². The number of halogens is 2. The minimum atomic E-state index is -0.358. The molecular formula is C16H12Cl2N2OS. The van der Waals surface area contributed by atoms with Crippen LogP contribution >= 0.6 is 34.5 Å². The second-order valence-electron chi connectivity index (χ2n) is 4.99. The van der Waals surface area contributed by atoms with Crippen LogP contribution in [0.5, 0.6) is 0 Å². The molecule has 0 aliphatic heterocycles. The van der Waals surface area contributed by atoms with Gasteiger partial charge in [-0.2, -0.15) is 4.99 Å². The first-order valence-electron chi connectivity index (χ1n) is 6.55. The maximum absolute atomic E-state index is 12.3. The molecule has 0 aliphatic carbocycles. The summed E-state index contributed by atoms with van der Waals surface area (Å²) in [7, 11) is 1.89. The Labute approximate surface area is 141 Å². The van der Waals surface area contributed by atoms with Gasteiger partial charge in [-0.15, -0.1) is 0 Å². The molecule has 3 rings (SSSR count). The zero-order chi connectivity index (χ0) is 15.9. The van der Waals surface area contributed by atoms with Gasteiger partial charge in [0.15, 0.2) is 4.80 Å².